The summed E-state index contributed by atoms with van der Waals surface area (Å²) in [5, 5.41) is 9.57. The molecule has 0 bridgehead atoms. The first kappa shape index (κ1) is 10.7. The second-order valence-corrected chi connectivity index (χ2v) is 2.81. The number of hydroxylamine groups is 2. The molecule has 0 radical (unpaired) electrons. The minimum Gasteiger partial charge on any atom is -0.386 e. The Bertz CT molecular complexity index is 287. The van der Waals surface area contributed by atoms with Gasteiger partial charge in [-0.3, -0.25) is 9.63 Å². The molecule has 0 unspecified atom stereocenters. The van der Waals surface area contributed by atoms with E-state index in [9.17, 15) is 4.79 Å². The maximum Gasteiger partial charge on any atom is 0.271 e. The summed E-state index contributed by atoms with van der Waals surface area (Å²) in [5.41, 5.74) is 0.977. The quantitative estimate of drug-likeness (QED) is 0.714. The van der Waals surface area contributed by atoms with E-state index in [1.165, 1.54) is 7.05 Å². The number of benzene rings is 1. The predicted molar refractivity (Wildman–Crippen MR) is 51.1 cm³/mol. The van der Waals surface area contributed by atoms with E-state index in [1.807, 2.05) is 30.3 Å². The fourth-order valence-electron chi connectivity index (χ4n) is 0.917. The molecule has 0 aliphatic carbocycles. The molecule has 1 aromatic carbocycles. The Morgan fingerprint density at radius 2 is 2.07 bits per heavy atom. The summed E-state index contributed by atoms with van der Waals surface area (Å²) in [6, 6.07) is 9.50. The van der Waals surface area contributed by atoms with E-state index in [0.717, 1.165) is 10.6 Å². The van der Waals surface area contributed by atoms with Crippen molar-refractivity contribution < 1.29 is 14.7 Å². The Balaban J connectivity index is 2.38. The first-order valence-electron chi connectivity index (χ1n) is 4.28. The molecule has 0 saturated heterocycles. The molecule has 4 nitrogen and oxygen atoms in total. The van der Waals surface area contributed by atoms with Gasteiger partial charge in [0.2, 0.25) is 0 Å². The van der Waals surface area contributed by atoms with E-state index in [0.29, 0.717) is 6.61 Å². The molecule has 0 saturated carbocycles. The van der Waals surface area contributed by atoms with Crippen molar-refractivity contribution in [2.45, 2.75) is 6.61 Å². The number of nitrogens with zero attached hydrogens (tertiary/aromatic N) is 1. The summed E-state index contributed by atoms with van der Waals surface area (Å²) < 4.78 is 0. The molecule has 0 atom stereocenters. The predicted octanol–water partition coefficient (Wildman–Crippen LogP) is 0.569. The lowest BCUT2D eigenvalue weighted by molar-refractivity contribution is -0.185. The topological polar surface area (TPSA) is 49.8 Å². The molecule has 0 fully saturated rings. The Kier molecular flexibility index (Phi) is 4.10. The van der Waals surface area contributed by atoms with Gasteiger partial charge in [-0.05, 0) is 5.56 Å². The maximum atomic E-state index is 10.9. The summed E-state index contributed by atoms with van der Waals surface area (Å²) >= 11 is 0. The molecular weight excluding hydrogens is 182 g/mol. The molecule has 1 aromatic rings. The molecular formula is C10H13NO3. The smallest absolute Gasteiger partial charge is 0.271 e. The highest BCUT2D eigenvalue weighted by atomic mass is 16.7. The Labute approximate surface area is 82.7 Å². The third kappa shape index (κ3) is 3.16. The van der Waals surface area contributed by atoms with Gasteiger partial charge in [-0.2, -0.15) is 0 Å². The third-order valence-electron chi connectivity index (χ3n) is 1.75. The fourth-order valence-corrected chi connectivity index (χ4v) is 0.917. The molecule has 14 heavy (non-hydrogen) atoms. The molecule has 4 heteroatoms. The Morgan fingerprint density at radius 1 is 1.43 bits per heavy atom. The summed E-state index contributed by atoms with van der Waals surface area (Å²) in [5.74, 6) is -0.457. The van der Waals surface area contributed by atoms with E-state index < -0.39 is 12.5 Å². The van der Waals surface area contributed by atoms with Crippen LogP contribution in [0.1, 0.15) is 5.56 Å². The van der Waals surface area contributed by atoms with Crippen molar-refractivity contribution in [2.75, 3.05) is 13.7 Å². The van der Waals surface area contributed by atoms with Crippen LogP contribution in [0.25, 0.3) is 0 Å². The second kappa shape index (κ2) is 5.36. The number of carbonyl (C=O) groups excluding carboxylic acids is 1. The van der Waals surface area contributed by atoms with E-state index in [-0.39, 0.29) is 0 Å². The molecule has 76 valence electrons. The SMILES string of the molecule is CN(OCc1ccccc1)C(=O)CO. The van der Waals surface area contributed by atoms with E-state index in [4.69, 9.17) is 9.94 Å². The second-order valence-electron chi connectivity index (χ2n) is 2.81. The largest absolute Gasteiger partial charge is 0.386 e. The monoisotopic (exact) mass is 195 g/mol. The van der Waals surface area contributed by atoms with Gasteiger partial charge in [0, 0.05) is 7.05 Å². The number of hydrogen-bond donors (Lipinski definition) is 1. The first-order valence-corrected chi connectivity index (χ1v) is 4.28. The van der Waals surface area contributed by atoms with Gasteiger partial charge in [0.25, 0.3) is 5.91 Å². The lowest BCUT2D eigenvalue weighted by Crippen LogP contribution is -2.29. The van der Waals surface area contributed by atoms with E-state index in [1.54, 1.807) is 0 Å². The van der Waals surface area contributed by atoms with Gasteiger partial charge < -0.3 is 5.11 Å². The highest BCUT2D eigenvalue weighted by Gasteiger charge is 2.06. The van der Waals surface area contributed by atoms with Crippen molar-refractivity contribution >= 4 is 5.91 Å². The molecule has 0 spiro atoms. The summed E-state index contributed by atoms with van der Waals surface area (Å²) in [6.07, 6.45) is 0. The van der Waals surface area contributed by atoms with Crippen LogP contribution in [-0.4, -0.2) is 29.7 Å². The standard InChI is InChI=1S/C10H13NO3/c1-11(10(13)7-12)14-8-9-5-3-2-4-6-9/h2-6,12H,7-8H2,1H3. The van der Waals surface area contributed by atoms with Gasteiger partial charge in [0.05, 0.1) is 0 Å². The summed E-state index contributed by atoms with van der Waals surface area (Å²) in [6.45, 7) is -0.214. The lowest BCUT2D eigenvalue weighted by Gasteiger charge is -2.15. The Morgan fingerprint density at radius 3 is 2.64 bits per heavy atom. The average molecular weight is 195 g/mol. The van der Waals surface area contributed by atoms with Crippen LogP contribution >= 0.6 is 0 Å². The molecule has 0 heterocycles. The van der Waals surface area contributed by atoms with Crippen LogP contribution < -0.4 is 0 Å². The number of carbonyl (C=O) groups is 1. The minimum atomic E-state index is -0.536. The maximum absolute atomic E-state index is 10.9. The van der Waals surface area contributed by atoms with Crippen LogP contribution in [0.15, 0.2) is 30.3 Å². The number of aliphatic hydroxyl groups is 1. The highest BCUT2D eigenvalue weighted by Crippen LogP contribution is 2.01. The van der Waals surface area contributed by atoms with Crippen molar-refractivity contribution in [3.63, 3.8) is 0 Å². The molecule has 0 aliphatic rings. The van der Waals surface area contributed by atoms with Crippen LogP contribution in [0.3, 0.4) is 0 Å². The molecule has 0 aromatic heterocycles. The van der Waals surface area contributed by atoms with Gasteiger partial charge in [-0.15, -0.1) is 0 Å². The zero-order valence-corrected chi connectivity index (χ0v) is 8.01. The van der Waals surface area contributed by atoms with Gasteiger partial charge >= 0.3 is 0 Å². The number of amides is 1. The lowest BCUT2D eigenvalue weighted by atomic mass is 10.2. The van der Waals surface area contributed by atoms with Gasteiger partial charge in [0.1, 0.15) is 13.2 Å². The zero-order chi connectivity index (χ0) is 10.4. The molecule has 1 rings (SSSR count). The Hall–Kier alpha value is -1.39. The van der Waals surface area contributed by atoms with Gasteiger partial charge in [0.15, 0.2) is 0 Å². The van der Waals surface area contributed by atoms with Crippen molar-refractivity contribution in [3.05, 3.63) is 35.9 Å². The third-order valence-corrected chi connectivity index (χ3v) is 1.75. The van der Waals surface area contributed by atoms with Gasteiger partial charge in [-0.1, -0.05) is 30.3 Å². The average Bonchev–Trinajstić information content (AvgIpc) is 2.26. The van der Waals surface area contributed by atoms with E-state index >= 15 is 0 Å². The van der Waals surface area contributed by atoms with Crippen molar-refractivity contribution in [3.8, 4) is 0 Å². The molecule has 1 amide bonds. The van der Waals surface area contributed by atoms with E-state index in [2.05, 4.69) is 0 Å². The minimum absolute atomic E-state index is 0.322. The fraction of sp³-hybridized carbons (Fsp3) is 0.300. The van der Waals surface area contributed by atoms with Crippen molar-refractivity contribution in [1.82, 2.24) is 5.06 Å². The van der Waals surface area contributed by atoms with Crippen LogP contribution in [0.2, 0.25) is 0 Å². The number of hydrogen-bond acceptors (Lipinski definition) is 3. The molecule has 1 N–H and O–H groups in total. The van der Waals surface area contributed by atoms with Crippen LogP contribution in [0.5, 0.6) is 0 Å². The van der Waals surface area contributed by atoms with Crippen LogP contribution in [0.4, 0.5) is 0 Å². The highest BCUT2D eigenvalue weighted by molar-refractivity contribution is 5.75. The number of likely N-dealkylation sites (N-methyl/N-ethyl adjacent to an activating group) is 1. The van der Waals surface area contributed by atoms with Crippen LogP contribution in [-0.2, 0) is 16.2 Å². The van der Waals surface area contributed by atoms with Gasteiger partial charge in [-0.25, -0.2) is 5.06 Å². The number of aliphatic hydroxyl groups excluding tert-OH is 1. The zero-order valence-electron chi connectivity index (χ0n) is 8.01. The summed E-state index contributed by atoms with van der Waals surface area (Å²) in [7, 11) is 1.47. The number of rotatable bonds is 4. The normalized spacial score (nSPS) is 9.86. The first-order chi connectivity index (χ1) is 6.74. The van der Waals surface area contributed by atoms with Crippen molar-refractivity contribution in [1.29, 1.82) is 0 Å². The molecule has 0 aliphatic heterocycles. The van der Waals surface area contributed by atoms with Crippen LogP contribution in [0, 0.1) is 0 Å². The van der Waals surface area contributed by atoms with Crippen molar-refractivity contribution in [2.24, 2.45) is 0 Å². The summed E-state index contributed by atoms with van der Waals surface area (Å²) in [4.78, 5) is 16.0.